The zero-order valence-corrected chi connectivity index (χ0v) is 27.4. The van der Waals surface area contributed by atoms with E-state index in [4.69, 9.17) is 9.47 Å². The fraction of sp³-hybridized carbons (Fsp3) is 0.778. The van der Waals surface area contributed by atoms with Crippen LogP contribution in [0.1, 0.15) is 40.5 Å². The number of esters is 2. The predicted octanol–water partition coefficient (Wildman–Crippen LogP) is -4.67. The molecular formula is C27H36N4O14S2. The van der Waals surface area contributed by atoms with E-state index in [1.54, 1.807) is 0 Å². The summed E-state index contributed by atoms with van der Waals surface area (Å²) in [5, 5.41) is 21.7. The summed E-state index contributed by atoms with van der Waals surface area (Å²) in [6.45, 7) is 3.80. The maximum atomic E-state index is 13.5. The number of amides is 2. The van der Waals surface area contributed by atoms with Crippen molar-refractivity contribution in [1.82, 2.24) is 20.4 Å². The van der Waals surface area contributed by atoms with E-state index in [-0.39, 0.29) is 25.9 Å². The van der Waals surface area contributed by atoms with Gasteiger partial charge in [-0.05, 0) is 40.5 Å². The lowest BCUT2D eigenvalue weighted by atomic mass is 9.85. The van der Waals surface area contributed by atoms with Crippen LogP contribution in [0, 0.1) is 11.8 Å². The molecule has 0 aliphatic carbocycles. The van der Waals surface area contributed by atoms with Crippen molar-refractivity contribution < 1.29 is 65.3 Å². The molecular weight excluding hydrogens is 668 g/mol. The van der Waals surface area contributed by atoms with Gasteiger partial charge in [0.1, 0.15) is 23.9 Å². The van der Waals surface area contributed by atoms with Crippen LogP contribution in [0.2, 0.25) is 0 Å². The number of ether oxygens (including phenoxy) is 2. The highest BCUT2D eigenvalue weighted by atomic mass is 32.2. The molecule has 0 spiro atoms. The molecule has 6 fully saturated rings. The summed E-state index contributed by atoms with van der Waals surface area (Å²) in [4.78, 5) is 80.2. The van der Waals surface area contributed by atoms with Gasteiger partial charge < -0.3 is 40.1 Å². The molecule has 0 aromatic heterocycles. The molecule has 0 aromatic rings. The number of hydrogen-bond donors (Lipinski definition) is 4. The van der Waals surface area contributed by atoms with Crippen LogP contribution in [0.4, 0.5) is 0 Å². The smallest absolute Gasteiger partial charge is 0.333 e. The van der Waals surface area contributed by atoms with Gasteiger partial charge in [-0.15, -0.1) is 0 Å². The van der Waals surface area contributed by atoms with Gasteiger partial charge >= 0.3 is 11.9 Å². The van der Waals surface area contributed by atoms with Gasteiger partial charge in [-0.2, -0.15) is 0 Å². The zero-order valence-electron chi connectivity index (χ0n) is 25.8. The Balaban J connectivity index is 1.13. The van der Waals surface area contributed by atoms with Crippen molar-refractivity contribution >= 4 is 55.0 Å². The number of fused-ring (bicyclic) bond motifs is 2. The number of carbonyl (C=O) groups is 6. The number of ketones is 2. The average Bonchev–Trinajstić information content (AvgIpc) is 3.67. The Labute approximate surface area is 269 Å². The highest BCUT2D eigenvalue weighted by Crippen LogP contribution is 2.51. The van der Waals surface area contributed by atoms with Gasteiger partial charge in [0, 0.05) is 13.1 Å². The molecule has 6 aliphatic heterocycles. The number of β-lactam (4-membered cyclic amide) rings is 2. The molecule has 0 saturated carbocycles. The fourth-order valence-electron chi connectivity index (χ4n) is 7.71. The number of β-amino-alcohol motifs (C(OH)–C–C–N with tert-alkyl or cyclic N) is 2. The first kappa shape index (κ1) is 33.8. The minimum Gasteiger partial charge on any atom is -0.426 e. The van der Waals surface area contributed by atoms with Gasteiger partial charge in [-0.1, -0.05) is 0 Å². The first-order chi connectivity index (χ1) is 21.7. The number of nitrogens with zero attached hydrogens (tertiary/aromatic N) is 2. The Morgan fingerprint density at radius 1 is 0.723 bits per heavy atom. The minimum atomic E-state index is -4.32. The monoisotopic (exact) mass is 704 g/mol. The summed E-state index contributed by atoms with van der Waals surface area (Å²) in [5.41, 5.74) is 0. The molecule has 47 heavy (non-hydrogen) atoms. The standard InChI is InChI=1S/C27H36N4O14S2/c1-26(2)18(30-20(36)14(22(30)46(26,40)41)16(34)12-5-10(32)7-28-12)24(38)44-9-45-25(39)19-27(3,4)47(42,43)23-15(21(37)31(19)23)17(35)13-6-11(33)8-29-13/h10-15,18-19,22-23,28-29,32-33H,5-9H2,1-4H3/t10?,11?,12-,13-,14+,15+,18-,19-,22+,23+/m0/s1. The molecule has 0 bridgehead atoms. The van der Waals surface area contributed by atoms with Crippen molar-refractivity contribution in [3.05, 3.63) is 0 Å². The molecule has 2 unspecified atom stereocenters. The second-order valence-corrected chi connectivity index (χ2v) is 19.1. The van der Waals surface area contributed by atoms with Crippen LogP contribution in [0.15, 0.2) is 0 Å². The topological polar surface area (TPSA) is 260 Å². The van der Waals surface area contributed by atoms with Gasteiger partial charge in [0.25, 0.3) is 0 Å². The lowest BCUT2D eigenvalue weighted by molar-refractivity contribution is -0.184. The normalized spacial score (nSPS) is 40.2. The van der Waals surface area contributed by atoms with E-state index in [9.17, 15) is 55.8 Å². The van der Waals surface area contributed by atoms with Crippen molar-refractivity contribution in [2.45, 2.75) is 97.2 Å². The van der Waals surface area contributed by atoms with Crippen LogP contribution < -0.4 is 10.6 Å². The Hall–Kier alpha value is -3.04. The number of aliphatic hydroxyl groups excluding tert-OH is 2. The van der Waals surface area contributed by atoms with Crippen molar-refractivity contribution in [1.29, 1.82) is 0 Å². The number of aliphatic hydroxyl groups is 2. The number of hydrogen-bond acceptors (Lipinski definition) is 16. The highest BCUT2D eigenvalue weighted by molar-refractivity contribution is 7.94. The Bertz CT molecular complexity index is 1570. The number of nitrogens with one attached hydrogen (secondary N) is 2. The molecule has 0 radical (unpaired) electrons. The third-order valence-electron chi connectivity index (χ3n) is 10.5. The van der Waals surface area contributed by atoms with Gasteiger partial charge in [0.05, 0.1) is 33.8 Å². The quantitative estimate of drug-likeness (QED) is 0.0801. The van der Waals surface area contributed by atoms with Crippen LogP contribution in [0.5, 0.6) is 0 Å². The van der Waals surface area contributed by atoms with E-state index in [1.807, 2.05) is 0 Å². The molecule has 20 heteroatoms. The first-order valence-electron chi connectivity index (χ1n) is 15.0. The Kier molecular flexibility index (Phi) is 7.73. The molecule has 18 nitrogen and oxygen atoms in total. The van der Waals surface area contributed by atoms with Crippen LogP contribution in [-0.2, 0) is 57.9 Å². The van der Waals surface area contributed by atoms with Crippen molar-refractivity contribution in [2.75, 3.05) is 19.9 Å². The largest absolute Gasteiger partial charge is 0.426 e. The summed E-state index contributed by atoms with van der Waals surface area (Å²) >= 11 is 0. The van der Waals surface area contributed by atoms with Gasteiger partial charge in [-0.25, -0.2) is 26.4 Å². The van der Waals surface area contributed by atoms with Crippen LogP contribution in [0.3, 0.4) is 0 Å². The van der Waals surface area contributed by atoms with E-state index < -0.39 is 130 Å². The Morgan fingerprint density at radius 3 is 1.36 bits per heavy atom. The number of Topliss-reactive ketones (excluding diaryl/α,β-unsaturated/α-hetero) is 2. The number of rotatable bonds is 8. The first-order valence-corrected chi connectivity index (χ1v) is 18.1. The predicted molar refractivity (Wildman–Crippen MR) is 154 cm³/mol. The van der Waals surface area contributed by atoms with Gasteiger partial charge in [-0.3, -0.25) is 19.2 Å². The molecule has 0 aromatic carbocycles. The maximum Gasteiger partial charge on any atom is 0.333 e. The van der Waals surface area contributed by atoms with Crippen LogP contribution >= 0.6 is 0 Å². The summed E-state index contributed by atoms with van der Waals surface area (Å²) in [6.07, 6.45) is -1.69. The lowest BCUT2D eigenvalue weighted by Gasteiger charge is -2.43. The van der Waals surface area contributed by atoms with Crippen molar-refractivity contribution in [3.63, 3.8) is 0 Å². The summed E-state index contributed by atoms with van der Waals surface area (Å²) < 4.78 is 60.1. The third-order valence-corrected chi connectivity index (χ3v) is 16.1. The summed E-state index contributed by atoms with van der Waals surface area (Å²) in [6, 6.07) is -5.30. The molecule has 4 N–H and O–H groups in total. The van der Waals surface area contributed by atoms with E-state index in [1.165, 1.54) is 27.7 Å². The van der Waals surface area contributed by atoms with E-state index >= 15 is 0 Å². The maximum absolute atomic E-state index is 13.5. The lowest BCUT2D eigenvalue weighted by Crippen LogP contribution is -2.67. The highest BCUT2D eigenvalue weighted by Gasteiger charge is 2.75. The van der Waals surface area contributed by atoms with Crippen LogP contribution in [-0.4, -0.2) is 149 Å². The zero-order chi connectivity index (χ0) is 34.8. The second-order valence-electron chi connectivity index (χ2n) is 13.9. The number of carbonyl (C=O) groups excluding carboxylic acids is 6. The summed E-state index contributed by atoms with van der Waals surface area (Å²) in [5.74, 6) is -8.97. The van der Waals surface area contributed by atoms with Gasteiger partial charge in [0.2, 0.25) is 18.6 Å². The van der Waals surface area contributed by atoms with E-state index in [0.717, 1.165) is 9.80 Å². The van der Waals surface area contributed by atoms with Gasteiger partial charge in [0.15, 0.2) is 42.0 Å². The van der Waals surface area contributed by atoms with Crippen LogP contribution in [0.25, 0.3) is 0 Å². The molecule has 6 saturated heterocycles. The van der Waals surface area contributed by atoms with E-state index in [2.05, 4.69) is 10.6 Å². The Morgan fingerprint density at radius 2 is 1.06 bits per heavy atom. The SMILES string of the molecule is CC1(C)[C@H](C(=O)OCOC(=O)[C@@H]2N3C(=O)[C@@H](C(=O)[C@@H]4CC(O)CN4)[C@H]3S(=O)(=O)C2(C)C)N2C(=O)[C@@H](C(=O)[C@@H]3CC(O)CN3)[C@H]2S1(=O)=O. The van der Waals surface area contributed by atoms with E-state index in [0.29, 0.717) is 0 Å². The third kappa shape index (κ3) is 4.47. The fourth-order valence-corrected chi connectivity index (χ4v) is 12.3. The van der Waals surface area contributed by atoms with Crippen molar-refractivity contribution in [3.8, 4) is 0 Å². The molecule has 10 atom stereocenters. The summed E-state index contributed by atoms with van der Waals surface area (Å²) in [7, 11) is -8.64. The molecule has 6 rings (SSSR count). The van der Waals surface area contributed by atoms with Crippen molar-refractivity contribution in [2.24, 2.45) is 11.8 Å². The average molecular weight is 705 g/mol. The molecule has 260 valence electrons. The molecule has 6 aliphatic rings. The minimum absolute atomic E-state index is 0.00267. The molecule has 2 amide bonds. The number of sulfone groups is 2. The molecule has 6 heterocycles. The second kappa shape index (κ2) is 10.7.